The quantitative estimate of drug-likeness (QED) is 0.491. The largest absolute Gasteiger partial charge is 0.464 e. The first-order valence-corrected chi connectivity index (χ1v) is 10.6. The molecule has 2 heterocycles. The molecule has 2 aromatic rings. The van der Waals surface area contributed by atoms with E-state index in [1.165, 1.54) is 11.3 Å². The number of aliphatic hydroxyl groups is 1. The van der Waals surface area contributed by atoms with Crippen molar-refractivity contribution < 1.29 is 9.52 Å². The molecule has 1 aliphatic heterocycles. The van der Waals surface area contributed by atoms with Crippen molar-refractivity contribution >= 4 is 11.6 Å². The normalized spacial score (nSPS) is 16.7. The predicted octanol–water partition coefficient (Wildman–Crippen LogP) is 3.61. The van der Waals surface area contributed by atoms with Crippen LogP contribution in [-0.2, 0) is 6.54 Å². The monoisotopic (exact) mass is 398 g/mol. The average Bonchev–Trinajstić information content (AvgIpc) is 3.19. The van der Waals surface area contributed by atoms with Crippen LogP contribution in [0.4, 0.5) is 5.69 Å². The zero-order chi connectivity index (χ0) is 20.6. The minimum absolute atomic E-state index is 0.0470. The maximum absolute atomic E-state index is 9.30. The van der Waals surface area contributed by atoms with Gasteiger partial charge in [-0.15, -0.1) is 0 Å². The van der Waals surface area contributed by atoms with Gasteiger partial charge < -0.3 is 25.1 Å². The van der Waals surface area contributed by atoms with Gasteiger partial charge in [0, 0.05) is 31.9 Å². The Morgan fingerprint density at radius 1 is 1.21 bits per heavy atom. The van der Waals surface area contributed by atoms with E-state index in [-0.39, 0.29) is 6.04 Å². The Hall–Kier alpha value is -2.47. The molecular weight excluding hydrogens is 364 g/mol. The van der Waals surface area contributed by atoms with Gasteiger partial charge in [0.05, 0.1) is 12.6 Å². The highest BCUT2D eigenvalue weighted by atomic mass is 16.3. The van der Waals surface area contributed by atoms with Gasteiger partial charge in [-0.3, -0.25) is 0 Å². The lowest BCUT2D eigenvalue weighted by molar-refractivity contribution is 0.203. The lowest BCUT2D eigenvalue weighted by atomic mass is 9.97. The second-order valence-electron chi connectivity index (χ2n) is 7.79. The number of aliphatic imine (C=N–C) groups is 1. The fourth-order valence-electron chi connectivity index (χ4n) is 3.64. The van der Waals surface area contributed by atoms with Crippen molar-refractivity contribution in [3.8, 4) is 0 Å². The van der Waals surface area contributed by atoms with Crippen molar-refractivity contribution in [2.75, 3.05) is 31.1 Å². The second-order valence-corrected chi connectivity index (χ2v) is 7.79. The number of hydrogen-bond donors (Lipinski definition) is 3. The molecule has 1 aliphatic rings. The molecule has 0 radical (unpaired) electrons. The number of aryl methyl sites for hydroxylation is 1. The molecule has 3 N–H and O–H groups in total. The van der Waals surface area contributed by atoms with Crippen LogP contribution in [0.2, 0.25) is 0 Å². The summed E-state index contributed by atoms with van der Waals surface area (Å²) in [7, 11) is 0. The lowest BCUT2D eigenvalue weighted by Gasteiger charge is -2.32. The minimum Gasteiger partial charge on any atom is -0.464 e. The summed E-state index contributed by atoms with van der Waals surface area (Å²) in [5.41, 5.74) is 2.43. The summed E-state index contributed by atoms with van der Waals surface area (Å²) < 4.78 is 5.71. The molecule has 6 heteroatoms. The van der Waals surface area contributed by atoms with Gasteiger partial charge in [0.15, 0.2) is 5.96 Å². The number of hydrogen-bond acceptors (Lipinski definition) is 4. The van der Waals surface area contributed by atoms with Gasteiger partial charge in [0.2, 0.25) is 0 Å². The summed E-state index contributed by atoms with van der Waals surface area (Å²) in [4.78, 5) is 7.13. The van der Waals surface area contributed by atoms with E-state index in [4.69, 9.17) is 9.41 Å². The zero-order valence-corrected chi connectivity index (χ0v) is 17.8. The maximum Gasteiger partial charge on any atom is 0.192 e. The van der Waals surface area contributed by atoms with Crippen LogP contribution in [-0.4, -0.2) is 37.3 Å². The Morgan fingerprint density at radius 2 is 1.93 bits per heavy atom. The number of furan rings is 1. The van der Waals surface area contributed by atoms with E-state index < -0.39 is 0 Å². The molecule has 0 spiro atoms. The van der Waals surface area contributed by atoms with Gasteiger partial charge in [-0.05, 0) is 69.4 Å². The molecule has 0 bridgehead atoms. The number of rotatable bonds is 7. The van der Waals surface area contributed by atoms with Crippen molar-refractivity contribution in [2.45, 2.75) is 46.2 Å². The molecule has 3 rings (SSSR count). The van der Waals surface area contributed by atoms with E-state index in [0.29, 0.717) is 19.1 Å². The van der Waals surface area contributed by atoms with Crippen molar-refractivity contribution in [1.82, 2.24) is 10.6 Å². The molecule has 0 aliphatic carbocycles. The van der Waals surface area contributed by atoms with Crippen LogP contribution in [0.3, 0.4) is 0 Å². The topological polar surface area (TPSA) is 73.0 Å². The number of benzene rings is 1. The van der Waals surface area contributed by atoms with Crippen LogP contribution >= 0.6 is 0 Å². The van der Waals surface area contributed by atoms with Crippen molar-refractivity contribution in [2.24, 2.45) is 10.9 Å². The second kappa shape index (κ2) is 10.3. The number of piperidine rings is 1. The molecule has 1 unspecified atom stereocenters. The molecule has 158 valence electrons. The Morgan fingerprint density at radius 3 is 2.52 bits per heavy atom. The van der Waals surface area contributed by atoms with E-state index in [2.05, 4.69) is 53.6 Å². The van der Waals surface area contributed by atoms with E-state index in [1.807, 2.05) is 19.1 Å². The van der Waals surface area contributed by atoms with E-state index in [0.717, 1.165) is 50.0 Å². The summed E-state index contributed by atoms with van der Waals surface area (Å²) in [6, 6.07) is 12.7. The van der Waals surface area contributed by atoms with Gasteiger partial charge in [-0.25, -0.2) is 4.99 Å². The highest BCUT2D eigenvalue weighted by Gasteiger charge is 2.18. The lowest BCUT2D eigenvalue weighted by Crippen LogP contribution is -2.38. The highest BCUT2D eigenvalue weighted by molar-refractivity contribution is 5.80. The third kappa shape index (κ3) is 6.00. The average molecular weight is 399 g/mol. The predicted molar refractivity (Wildman–Crippen MR) is 118 cm³/mol. The van der Waals surface area contributed by atoms with Crippen molar-refractivity contribution in [3.05, 3.63) is 53.5 Å². The minimum atomic E-state index is 0.0470. The van der Waals surface area contributed by atoms with Crippen LogP contribution in [0.5, 0.6) is 0 Å². The third-order valence-corrected chi connectivity index (χ3v) is 5.48. The molecular formula is C23H34N4O2. The number of aliphatic hydroxyl groups excluding tert-OH is 1. The van der Waals surface area contributed by atoms with Crippen molar-refractivity contribution in [3.63, 3.8) is 0 Å². The number of anilines is 1. The first-order chi connectivity index (χ1) is 14.1. The summed E-state index contributed by atoms with van der Waals surface area (Å²) in [5, 5.41) is 16.0. The molecule has 0 saturated carbocycles. The molecule has 1 aromatic heterocycles. The Bertz CT molecular complexity index is 776. The third-order valence-electron chi connectivity index (χ3n) is 5.48. The van der Waals surface area contributed by atoms with Gasteiger partial charge in [0.1, 0.15) is 11.5 Å². The Balaban J connectivity index is 1.57. The molecule has 1 saturated heterocycles. The number of guanidine groups is 1. The van der Waals surface area contributed by atoms with Crippen LogP contribution in [0, 0.1) is 12.8 Å². The van der Waals surface area contributed by atoms with Crippen LogP contribution < -0.4 is 15.5 Å². The number of nitrogens with one attached hydrogen (secondary N) is 2. The van der Waals surface area contributed by atoms with Gasteiger partial charge >= 0.3 is 0 Å². The summed E-state index contributed by atoms with van der Waals surface area (Å²) in [5.74, 6) is 3.06. The molecule has 1 fully saturated rings. The van der Waals surface area contributed by atoms with Crippen LogP contribution in [0.1, 0.15) is 49.8 Å². The zero-order valence-electron chi connectivity index (χ0n) is 17.8. The molecule has 1 aromatic carbocycles. The fraction of sp³-hybridized carbons (Fsp3) is 0.522. The SMILES string of the molecule is CCNC(=NCc1ccc(N2CCC(CO)CC2)cc1)NC(C)c1ccc(C)o1. The van der Waals surface area contributed by atoms with Crippen LogP contribution in [0.15, 0.2) is 45.8 Å². The maximum atomic E-state index is 9.30. The standard InChI is InChI=1S/C23H34N4O2/c1-4-24-23(26-18(3)22-10-5-17(2)29-22)25-15-19-6-8-21(9-7-19)27-13-11-20(16-28)12-14-27/h5-10,18,20,28H,4,11-16H2,1-3H3,(H2,24,25,26). The molecule has 6 nitrogen and oxygen atoms in total. The molecule has 1 atom stereocenters. The smallest absolute Gasteiger partial charge is 0.192 e. The van der Waals surface area contributed by atoms with E-state index >= 15 is 0 Å². The van der Waals surface area contributed by atoms with Crippen LogP contribution in [0.25, 0.3) is 0 Å². The van der Waals surface area contributed by atoms with Gasteiger partial charge in [-0.2, -0.15) is 0 Å². The van der Waals surface area contributed by atoms with E-state index in [1.54, 1.807) is 0 Å². The summed E-state index contributed by atoms with van der Waals surface area (Å²) in [6.45, 7) is 9.85. The number of nitrogens with zero attached hydrogens (tertiary/aromatic N) is 2. The summed E-state index contributed by atoms with van der Waals surface area (Å²) in [6.07, 6.45) is 2.13. The first kappa shape index (κ1) is 21.2. The highest BCUT2D eigenvalue weighted by Crippen LogP contribution is 2.23. The van der Waals surface area contributed by atoms with Gasteiger partial charge in [-0.1, -0.05) is 12.1 Å². The Kier molecular flexibility index (Phi) is 7.58. The summed E-state index contributed by atoms with van der Waals surface area (Å²) >= 11 is 0. The van der Waals surface area contributed by atoms with Crippen molar-refractivity contribution in [1.29, 1.82) is 0 Å². The first-order valence-electron chi connectivity index (χ1n) is 10.6. The fourth-order valence-corrected chi connectivity index (χ4v) is 3.64. The van der Waals surface area contributed by atoms with Gasteiger partial charge in [0.25, 0.3) is 0 Å². The molecule has 29 heavy (non-hydrogen) atoms. The van der Waals surface area contributed by atoms with E-state index in [9.17, 15) is 5.11 Å². The Labute approximate surface area is 174 Å². The molecule has 0 amide bonds.